The van der Waals surface area contributed by atoms with Gasteiger partial charge in [0.05, 0.1) is 5.75 Å². The van der Waals surface area contributed by atoms with E-state index in [2.05, 4.69) is 11.5 Å². The maximum absolute atomic E-state index is 12.5. The van der Waals surface area contributed by atoms with Crippen LogP contribution >= 0.6 is 11.8 Å². The zero-order chi connectivity index (χ0) is 16.4. The van der Waals surface area contributed by atoms with E-state index in [1.807, 2.05) is 38.1 Å². The molecule has 0 spiro atoms. The minimum atomic E-state index is 0.165. The maximum Gasteiger partial charge on any atom is 0.174 e. The second kappa shape index (κ2) is 6.71. The predicted octanol–water partition coefficient (Wildman–Crippen LogP) is 3.87. The van der Waals surface area contributed by atoms with Crippen molar-refractivity contribution in [2.75, 3.05) is 19.0 Å². The molecule has 1 aliphatic rings. The number of nitrogens with zero attached hydrogens (tertiary/aromatic N) is 1. The number of ketones is 1. The Balaban J connectivity index is 1.70. The van der Waals surface area contributed by atoms with E-state index >= 15 is 0 Å². The Hall–Kier alpha value is -1.88. The molecule has 1 aromatic carbocycles. The number of ether oxygens (including phenoxy) is 2. The minimum Gasteiger partial charge on any atom is -0.486 e. The average molecular weight is 331 g/mol. The number of aromatic nitrogens is 1. The zero-order valence-corrected chi connectivity index (χ0v) is 14.5. The molecule has 0 saturated heterocycles. The van der Waals surface area contributed by atoms with Gasteiger partial charge in [0.25, 0.3) is 0 Å². The van der Waals surface area contributed by atoms with Crippen LogP contribution in [0.15, 0.2) is 29.2 Å². The first-order valence-corrected chi connectivity index (χ1v) is 8.81. The lowest BCUT2D eigenvalue weighted by Gasteiger charge is -2.18. The molecule has 2 aromatic rings. The Morgan fingerprint density at radius 3 is 2.61 bits per heavy atom. The number of carbonyl (C=O) groups is 1. The molecule has 0 saturated carbocycles. The highest BCUT2D eigenvalue weighted by Gasteiger charge is 2.16. The van der Waals surface area contributed by atoms with Crippen molar-refractivity contribution in [2.24, 2.45) is 0 Å². The first-order valence-electron chi connectivity index (χ1n) is 7.82. The van der Waals surface area contributed by atoms with Gasteiger partial charge in [0, 0.05) is 28.4 Å². The smallest absolute Gasteiger partial charge is 0.174 e. The van der Waals surface area contributed by atoms with Crippen LogP contribution in [0.1, 0.15) is 28.7 Å². The number of fused-ring (bicyclic) bond motifs is 1. The van der Waals surface area contributed by atoms with Gasteiger partial charge in [-0.15, -0.1) is 11.8 Å². The van der Waals surface area contributed by atoms with Gasteiger partial charge >= 0.3 is 0 Å². The van der Waals surface area contributed by atoms with Crippen LogP contribution in [-0.2, 0) is 6.54 Å². The highest BCUT2D eigenvalue weighted by atomic mass is 32.2. The lowest BCUT2D eigenvalue weighted by molar-refractivity contribution is 0.102. The third-order valence-corrected chi connectivity index (χ3v) is 5.07. The predicted molar refractivity (Wildman–Crippen MR) is 92.1 cm³/mol. The number of hydrogen-bond acceptors (Lipinski definition) is 4. The normalized spacial score (nSPS) is 13.2. The van der Waals surface area contributed by atoms with Crippen molar-refractivity contribution < 1.29 is 14.3 Å². The number of thioether (sulfide) groups is 1. The molecule has 0 atom stereocenters. The van der Waals surface area contributed by atoms with E-state index in [-0.39, 0.29) is 5.78 Å². The Kier molecular flexibility index (Phi) is 4.66. The third kappa shape index (κ3) is 3.24. The summed E-state index contributed by atoms with van der Waals surface area (Å²) in [4.78, 5) is 13.5. The van der Waals surface area contributed by atoms with E-state index in [9.17, 15) is 4.79 Å². The molecule has 122 valence electrons. The number of benzene rings is 1. The summed E-state index contributed by atoms with van der Waals surface area (Å²) >= 11 is 1.53. The summed E-state index contributed by atoms with van der Waals surface area (Å²) in [6, 6.07) is 7.82. The molecule has 23 heavy (non-hydrogen) atoms. The average Bonchev–Trinajstić information content (AvgIpc) is 2.86. The molecule has 0 aliphatic carbocycles. The topological polar surface area (TPSA) is 40.5 Å². The number of rotatable bonds is 5. The molecule has 0 unspecified atom stereocenters. The number of Topliss-reactive ketones (excluding diaryl/α,β-unsaturated/α-hetero) is 1. The van der Waals surface area contributed by atoms with E-state index in [1.54, 1.807) is 0 Å². The van der Waals surface area contributed by atoms with Crippen LogP contribution in [0.2, 0.25) is 0 Å². The summed E-state index contributed by atoms with van der Waals surface area (Å²) in [5, 5.41) is 0. The molecule has 0 amide bonds. The largest absolute Gasteiger partial charge is 0.486 e. The fraction of sp³-hybridized carbons (Fsp3) is 0.389. The monoisotopic (exact) mass is 331 g/mol. The Morgan fingerprint density at radius 2 is 1.91 bits per heavy atom. The van der Waals surface area contributed by atoms with E-state index in [0.717, 1.165) is 39.9 Å². The molecular formula is C18H21NO3S. The summed E-state index contributed by atoms with van der Waals surface area (Å²) in [6.07, 6.45) is 0. The van der Waals surface area contributed by atoms with E-state index < -0.39 is 0 Å². The highest BCUT2D eigenvalue weighted by molar-refractivity contribution is 8.00. The summed E-state index contributed by atoms with van der Waals surface area (Å²) in [6.45, 7) is 8.20. The van der Waals surface area contributed by atoms with Crippen molar-refractivity contribution in [3.8, 4) is 11.5 Å². The van der Waals surface area contributed by atoms with E-state index in [1.165, 1.54) is 11.8 Å². The first kappa shape index (κ1) is 16.0. The van der Waals surface area contributed by atoms with Crippen molar-refractivity contribution in [1.29, 1.82) is 0 Å². The van der Waals surface area contributed by atoms with Crippen LogP contribution in [0.25, 0.3) is 0 Å². The van der Waals surface area contributed by atoms with Gasteiger partial charge in [-0.05, 0) is 45.0 Å². The van der Waals surface area contributed by atoms with Gasteiger partial charge in [0.1, 0.15) is 13.2 Å². The molecule has 5 heteroatoms. The van der Waals surface area contributed by atoms with Gasteiger partial charge < -0.3 is 14.0 Å². The van der Waals surface area contributed by atoms with Gasteiger partial charge in [-0.25, -0.2) is 0 Å². The highest BCUT2D eigenvalue weighted by Crippen LogP contribution is 2.34. The summed E-state index contributed by atoms with van der Waals surface area (Å²) in [5.74, 6) is 2.13. The minimum absolute atomic E-state index is 0.165. The van der Waals surface area contributed by atoms with Crippen LogP contribution in [0.3, 0.4) is 0 Å². The molecule has 1 aromatic heterocycles. The van der Waals surface area contributed by atoms with Crippen LogP contribution in [-0.4, -0.2) is 29.3 Å². The molecular weight excluding hydrogens is 310 g/mol. The van der Waals surface area contributed by atoms with Crippen LogP contribution < -0.4 is 9.47 Å². The van der Waals surface area contributed by atoms with Crippen LogP contribution in [0.5, 0.6) is 11.5 Å². The molecule has 3 rings (SSSR count). The van der Waals surface area contributed by atoms with Gasteiger partial charge in [-0.1, -0.05) is 0 Å². The number of aryl methyl sites for hydroxylation is 1. The van der Waals surface area contributed by atoms with Gasteiger partial charge in [-0.3, -0.25) is 4.79 Å². The number of carbonyl (C=O) groups excluding carboxylic acids is 1. The van der Waals surface area contributed by atoms with E-state index in [4.69, 9.17) is 9.47 Å². The van der Waals surface area contributed by atoms with Crippen LogP contribution in [0.4, 0.5) is 0 Å². The fourth-order valence-corrected chi connectivity index (χ4v) is 3.72. The molecule has 2 heterocycles. The second-order valence-corrected chi connectivity index (χ2v) is 6.60. The molecule has 0 N–H and O–H groups in total. The van der Waals surface area contributed by atoms with Crippen molar-refractivity contribution in [2.45, 2.75) is 32.2 Å². The van der Waals surface area contributed by atoms with Crippen molar-refractivity contribution in [1.82, 2.24) is 4.57 Å². The fourth-order valence-electron chi connectivity index (χ4n) is 2.91. The summed E-state index contributed by atoms with van der Waals surface area (Å²) in [5.41, 5.74) is 3.02. The van der Waals surface area contributed by atoms with Gasteiger partial charge in [-0.2, -0.15) is 0 Å². The molecule has 0 fully saturated rings. The first-order chi connectivity index (χ1) is 11.1. The van der Waals surface area contributed by atoms with Crippen molar-refractivity contribution in [3.05, 3.63) is 41.2 Å². The quantitative estimate of drug-likeness (QED) is 0.616. The summed E-state index contributed by atoms with van der Waals surface area (Å²) in [7, 11) is 0. The van der Waals surface area contributed by atoms with Gasteiger partial charge in [0.2, 0.25) is 0 Å². The Labute approximate surface area is 140 Å². The van der Waals surface area contributed by atoms with Gasteiger partial charge in [0.15, 0.2) is 17.3 Å². The molecule has 4 nitrogen and oxygen atoms in total. The standard InChI is InChI=1S/C18H21NO3S/c1-4-19-12(2)9-15(13(19)3)16(20)11-23-14-5-6-17-18(10-14)22-8-7-21-17/h5-6,9-10H,4,7-8,11H2,1-3H3. The molecule has 0 bridgehead atoms. The summed E-state index contributed by atoms with van der Waals surface area (Å²) < 4.78 is 13.3. The second-order valence-electron chi connectivity index (χ2n) is 5.55. The van der Waals surface area contributed by atoms with Crippen molar-refractivity contribution in [3.63, 3.8) is 0 Å². The molecule has 1 aliphatic heterocycles. The Bertz CT molecular complexity index is 736. The lowest BCUT2D eigenvalue weighted by Crippen LogP contribution is -2.15. The lowest BCUT2D eigenvalue weighted by atomic mass is 10.2. The van der Waals surface area contributed by atoms with Crippen LogP contribution in [0, 0.1) is 13.8 Å². The number of hydrogen-bond donors (Lipinski definition) is 0. The SMILES string of the molecule is CCn1c(C)cc(C(=O)CSc2ccc3c(c2)OCCO3)c1C. The Morgan fingerprint density at radius 1 is 1.17 bits per heavy atom. The zero-order valence-electron chi connectivity index (χ0n) is 13.7. The maximum atomic E-state index is 12.5. The van der Waals surface area contributed by atoms with Crippen molar-refractivity contribution >= 4 is 17.5 Å². The molecule has 0 radical (unpaired) electrons. The third-order valence-electron chi connectivity index (χ3n) is 4.07. The van der Waals surface area contributed by atoms with E-state index in [0.29, 0.717) is 19.0 Å².